The number of hydrogen-bond donors (Lipinski definition) is 1. The summed E-state index contributed by atoms with van der Waals surface area (Å²) in [5, 5.41) is 0.900. The van der Waals surface area contributed by atoms with Crippen molar-refractivity contribution in [3.63, 3.8) is 0 Å². The fourth-order valence-electron chi connectivity index (χ4n) is 3.23. The van der Waals surface area contributed by atoms with Gasteiger partial charge in [-0.15, -0.1) is 0 Å². The second-order valence-electron chi connectivity index (χ2n) is 6.39. The number of H-pyrrole nitrogens is 1. The standard InChI is InChI=1S/C19H21BrN4OS/c1-25-14-5-6-16-17(10-14)23-19(22-16)26-12-13-9-18(15(20)11-21-13)24-7-3-2-4-8-24/h5-6,9-11H,2-4,7-8,12H2,1H3,(H,22,23). The maximum atomic E-state index is 5.26. The van der Waals surface area contributed by atoms with Crippen LogP contribution in [0.5, 0.6) is 5.75 Å². The number of imidazole rings is 1. The van der Waals surface area contributed by atoms with Crippen molar-refractivity contribution < 1.29 is 4.74 Å². The number of aromatic amines is 1. The minimum atomic E-state index is 0.783. The van der Waals surface area contributed by atoms with Crippen molar-refractivity contribution >= 4 is 44.4 Å². The zero-order valence-corrected chi connectivity index (χ0v) is 17.1. The normalized spacial score (nSPS) is 14.8. The van der Waals surface area contributed by atoms with Crippen LogP contribution >= 0.6 is 27.7 Å². The van der Waals surface area contributed by atoms with E-state index in [0.717, 1.165) is 50.9 Å². The van der Waals surface area contributed by atoms with Gasteiger partial charge in [0.2, 0.25) is 0 Å². The van der Waals surface area contributed by atoms with E-state index >= 15 is 0 Å². The van der Waals surface area contributed by atoms with E-state index in [1.54, 1.807) is 18.9 Å². The lowest BCUT2D eigenvalue weighted by molar-refractivity contribution is 0.415. The summed E-state index contributed by atoms with van der Waals surface area (Å²) in [7, 11) is 1.67. The van der Waals surface area contributed by atoms with E-state index in [1.165, 1.54) is 24.9 Å². The predicted octanol–water partition coefficient (Wildman–Crippen LogP) is 5.01. The predicted molar refractivity (Wildman–Crippen MR) is 110 cm³/mol. The lowest BCUT2D eigenvalue weighted by Crippen LogP contribution is -2.29. The third-order valence-corrected chi connectivity index (χ3v) is 6.13. The number of nitrogens with one attached hydrogen (secondary N) is 1. The zero-order valence-electron chi connectivity index (χ0n) is 14.7. The van der Waals surface area contributed by atoms with Gasteiger partial charge in [-0.3, -0.25) is 4.98 Å². The molecule has 1 aliphatic heterocycles. The van der Waals surface area contributed by atoms with Gasteiger partial charge in [0.15, 0.2) is 5.16 Å². The van der Waals surface area contributed by atoms with E-state index in [2.05, 4.69) is 41.8 Å². The molecule has 0 atom stereocenters. The maximum absolute atomic E-state index is 5.26. The first-order valence-electron chi connectivity index (χ1n) is 8.79. The molecule has 5 nitrogen and oxygen atoms in total. The van der Waals surface area contributed by atoms with E-state index < -0.39 is 0 Å². The first-order valence-corrected chi connectivity index (χ1v) is 10.6. The number of thioether (sulfide) groups is 1. The van der Waals surface area contributed by atoms with Crippen LogP contribution in [-0.4, -0.2) is 35.2 Å². The summed E-state index contributed by atoms with van der Waals surface area (Å²) in [6.07, 6.45) is 5.78. The molecular weight excluding hydrogens is 412 g/mol. The highest BCUT2D eigenvalue weighted by Gasteiger charge is 2.15. The molecule has 1 aromatic carbocycles. The summed E-state index contributed by atoms with van der Waals surface area (Å²) in [6, 6.07) is 8.09. The number of fused-ring (bicyclic) bond motifs is 1. The van der Waals surface area contributed by atoms with Gasteiger partial charge in [0.25, 0.3) is 0 Å². The molecule has 0 spiro atoms. The molecule has 2 aromatic heterocycles. The van der Waals surface area contributed by atoms with Gasteiger partial charge in [0.1, 0.15) is 5.75 Å². The largest absolute Gasteiger partial charge is 0.497 e. The molecule has 136 valence electrons. The zero-order chi connectivity index (χ0) is 17.9. The average molecular weight is 433 g/mol. The number of piperidine rings is 1. The third kappa shape index (κ3) is 3.83. The number of pyridine rings is 1. The Labute approximate surface area is 165 Å². The number of aromatic nitrogens is 3. The number of nitrogens with zero attached hydrogens (tertiary/aromatic N) is 3. The van der Waals surface area contributed by atoms with Crippen LogP contribution in [-0.2, 0) is 5.75 Å². The molecule has 0 bridgehead atoms. The fraction of sp³-hybridized carbons (Fsp3) is 0.368. The van der Waals surface area contributed by atoms with E-state index in [1.807, 2.05) is 24.4 Å². The second kappa shape index (κ2) is 7.88. The molecule has 7 heteroatoms. The molecule has 3 aromatic rings. The van der Waals surface area contributed by atoms with Crippen LogP contribution in [0.15, 0.2) is 40.1 Å². The molecule has 1 aliphatic rings. The Kier molecular flexibility index (Phi) is 5.36. The van der Waals surface area contributed by atoms with Crippen molar-refractivity contribution in [3.8, 4) is 5.75 Å². The Balaban J connectivity index is 1.49. The Morgan fingerprint density at radius 2 is 2.08 bits per heavy atom. The summed E-state index contributed by atoms with van der Waals surface area (Å²) in [5.41, 5.74) is 4.26. The molecule has 0 radical (unpaired) electrons. The van der Waals surface area contributed by atoms with Crippen molar-refractivity contribution in [2.45, 2.75) is 30.2 Å². The molecule has 0 amide bonds. The van der Waals surface area contributed by atoms with Crippen molar-refractivity contribution in [1.82, 2.24) is 15.0 Å². The number of methoxy groups -OCH3 is 1. The van der Waals surface area contributed by atoms with Gasteiger partial charge in [0.05, 0.1) is 34.0 Å². The summed E-state index contributed by atoms with van der Waals surface area (Å²) in [6.45, 7) is 2.25. The molecule has 0 unspecified atom stereocenters. The fourth-order valence-corrected chi connectivity index (χ4v) is 4.48. The molecule has 1 N–H and O–H groups in total. The minimum absolute atomic E-state index is 0.783. The quantitative estimate of drug-likeness (QED) is 0.574. The molecular formula is C19H21BrN4OS. The summed E-state index contributed by atoms with van der Waals surface area (Å²) in [4.78, 5) is 15.0. The van der Waals surface area contributed by atoms with Crippen molar-refractivity contribution in [2.75, 3.05) is 25.1 Å². The molecule has 0 aliphatic carbocycles. The number of ether oxygens (including phenoxy) is 1. The molecule has 26 heavy (non-hydrogen) atoms. The summed E-state index contributed by atoms with van der Waals surface area (Å²) >= 11 is 5.33. The van der Waals surface area contributed by atoms with Crippen LogP contribution in [0.4, 0.5) is 5.69 Å². The average Bonchev–Trinajstić information content (AvgIpc) is 3.10. The number of anilines is 1. The van der Waals surface area contributed by atoms with E-state index in [-0.39, 0.29) is 0 Å². The first kappa shape index (κ1) is 17.7. The highest BCUT2D eigenvalue weighted by Crippen LogP contribution is 2.31. The minimum Gasteiger partial charge on any atom is -0.497 e. The van der Waals surface area contributed by atoms with Gasteiger partial charge in [-0.2, -0.15) is 0 Å². The smallest absolute Gasteiger partial charge is 0.166 e. The van der Waals surface area contributed by atoms with Gasteiger partial charge >= 0.3 is 0 Å². The highest BCUT2D eigenvalue weighted by molar-refractivity contribution is 9.10. The molecule has 1 saturated heterocycles. The SMILES string of the molecule is COc1ccc2[nH]c(SCc3cc(N4CCCCC4)c(Br)cn3)nc2c1. The number of benzene rings is 1. The summed E-state index contributed by atoms with van der Waals surface area (Å²) in [5.74, 6) is 1.60. The van der Waals surface area contributed by atoms with Crippen molar-refractivity contribution in [1.29, 1.82) is 0 Å². The van der Waals surface area contributed by atoms with Crippen LogP contribution in [0, 0.1) is 0 Å². The van der Waals surface area contributed by atoms with E-state index in [4.69, 9.17) is 4.74 Å². The highest BCUT2D eigenvalue weighted by atomic mass is 79.9. The number of rotatable bonds is 5. The number of hydrogen-bond acceptors (Lipinski definition) is 5. The Bertz CT molecular complexity index is 908. The topological polar surface area (TPSA) is 54.0 Å². The summed E-state index contributed by atoms with van der Waals surface area (Å²) < 4.78 is 6.34. The lowest BCUT2D eigenvalue weighted by Gasteiger charge is -2.29. The molecule has 1 fully saturated rings. The van der Waals surface area contributed by atoms with Gasteiger partial charge in [-0.1, -0.05) is 11.8 Å². The van der Waals surface area contributed by atoms with Gasteiger partial charge in [0, 0.05) is 31.1 Å². The second-order valence-corrected chi connectivity index (χ2v) is 8.21. The Morgan fingerprint density at radius 3 is 2.88 bits per heavy atom. The molecule has 4 rings (SSSR count). The Hall–Kier alpha value is -1.73. The van der Waals surface area contributed by atoms with Gasteiger partial charge in [-0.05, 0) is 53.4 Å². The monoisotopic (exact) mass is 432 g/mol. The van der Waals surface area contributed by atoms with Crippen LogP contribution < -0.4 is 9.64 Å². The first-order chi connectivity index (χ1) is 12.7. The maximum Gasteiger partial charge on any atom is 0.166 e. The van der Waals surface area contributed by atoms with Crippen LogP contribution in [0.1, 0.15) is 25.0 Å². The molecule has 0 saturated carbocycles. The van der Waals surface area contributed by atoms with Gasteiger partial charge < -0.3 is 14.6 Å². The Morgan fingerprint density at radius 1 is 1.23 bits per heavy atom. The van der Waals surface area contributed by atoms with Crippen LogP contribution in [0.3, 0.4) is 0 Å². The van der Waals surface area contributed by atoms with E-state index in [0.29, 0.717) is 0 Å². The van der Waals surface area contributed by atoms with Gasteiger partial charge in [-0.25, -0.2) is 4.98 Å². The van der Waals surface area contributed by atoms with Crippen LogP contribution in [0.2, 0.25) is 0 Å². The van der Waals surface area contributed by atoms with E-state index in [9.17, 15) is 0 Å². The van der Waals surface area contributed by atoms with Crippen LogP contribution in [0.25, 0.3) is 11.0 Å². The lowest BCUT2D eigenvalue weighted by atomic mass is 10.1. The number of halogens is 1. The van der Waals surface area contributed by atoms with Crippen molar-refractivity contribution in [2.24, 2.45) is 0 Å². The van der Waals surface area contributed by atoms with Crippen molar-refractivity contribution in [3.05, 3.63) is 40.6 Å². The third-order valence-electron chi connectivity index (χ3n) is 4.61. The molecule has 3 heterocycles.